The molecule has 1 aromatic rings. The van der Waals surface area contributed by atoms with Crippen LogP contribution in [0.25, 0.3) is 0 Å². The van der Waals surface area contributed by atoms with E-state index in [2.05, 4.69) is 11.4 Å². The van der Waals surface area contributed by atoms with Crippen molar-refractivity contribution in [3.05, 3.63) is 24.3 Å². The molecule has 1 atom stereocenters. The van der Waals surface area contributed by atoms with Crippen LogP contribution >= 0.6 is 0 Å². The molecule has 4 nitrogen and oxygen atoms in total. The van der Waals surface area contributed by atoms with Crippen molar-refractivity contribution in [3.63, 3.8) is 0 Å². The first-order valence-electron chi connectivity index (χ1n) is 5.50. The number of benzene rings is 1. The van der Waals surface area contributed by atoms with Crippen LogP contribution in [0.5, 0.6) is 5.75 Å². The maximum absolute atomic E-state index is 9.14. The lowest BCUT2D eigenvalue weighted by Crippen LogP contribution is -2.47. The average Bonchev–Trinajstić information content (AvgIpc) is 2.38. The Bertz CT molecular complexity index is 413. The van der Waals surface area contributed by atoms with Crippen LogP contribution in [0.3, 0.4) is 0 Å². The van der Waals surface area contributed by atoms with Crippen LogP contribution in [-0.2, 0) is 0 Å². The van der Waals surface area contributed by atoms with Crippen LogP contribution in [-0.4, -0.2) is 33.3 Å². The zero-order valence-corrected chi connectivity index (χ0v) is 10.8. The molecule has 0 spiro atoms. The standard InChI is InChI=1S/C13H19N3O/c1-13(9-14,15-2)10-16(3)11-7-5-6-8-12(11)17-4/h5-8,15H,10H2,1-4H3. The fourth-order valence-electron chi connectivity index (χ4n) is 1.67. The summed E-state index contributed by atoms with van der Waals surface area (Å²) in [7, 11) is 5.39. The van der Waals surface area contributed by atoms with Gasteiger partial charge in [0.15, 0.2) is 0 Å². The van der Waals surface area contributed by atoms with Gasteiger partial charge in [0.05, 0.1) is 18.9 Å². The molecule has 0 amide bonds. The molecule has 1 aromatic carbocycles. The number of anilines is 1. The molecule has 0 saturated carbocycles. The van der Waals surface area contributed by atoms with Gasteiger partial charge in [-0.15, -0.1) is 0 Å². The minimum absolute atomic E-state index is 0.574. The second-order valence-corrected chi connectivity index (χ2v) is 4.22. The van der Waals surface area contributed by atoms with Crippen molar-refractivity contribution >= 4 is 5.69 Å². The zero-order chi connectivity index (χ0) is 12.9. The van der Waals surface area contributed by atoms with Crippen LogP contribution in [0.1, 0.15) is 6.92 Å². The number of methoxy groups -OCH3 is 1. The molecule has 17 heavy (non-hydrogen) atoms. The van der Waals surface area contributed by atoms with Gasteiger partial charge in [-0.2, -0.15) is 5.26 Å². The molecular weight excluding hydrogens is 214 g/mol. The SMILES string of the molecule is CNC(C)(C#N)CN(C)c1ccccc1OC. The lowest BCUT2D eigenvalue weighted by molar-refractivity contribution is 0.412. The maximum atomic E-state index is 9.14. The molecular formula is C13H19N3O. The first kappa shape index (κ1) is 13.3. The Morgan fingerprint density at radius 1 is 1.47 bits per heavy atom. The first-order chi connectivity index (χ1) is 8.06. The van der Waals surface area contributed by atoms with Gasteiger partial charge in [0.25, 0.3) is 0 Å². The summed E-state index contributed by atoms with van der Waals surface area (Å²) in [6, 6.07) is 10.0. The summed E-state index contributed by atoms with van der Waals surface area (Å²) < 4.78 is 5.30. The number of hydrogen-bond donors (Lipinski definition) is 1. The van der Waals surface area contributed by atoms with Crippen LogP contribution in [0.4, 0.5) is 5.69 Å². The topological polar surface area (TPSA) is 48.3 Å². The number of likely N-dealkylation sites (N-methyl/N-ethyl adjacent to an activating group) is 2. The first-order valence-corrected chi connectivity index (χ1v) is 5.50. The van der Waals surface area contributed by atoms with Crippen molar-refractivity contribution in [2.45, 2.75) is 12.5 Å². The van der Waals surface area contributed by atoms with Gasteiger partial charge in [0.2, 0.25) is 0 Å². The number of nitrogens with zero attached hydrogens (tertiary/aromatic N) is 2. The molecule has 0 radical (unpaired) electrons. The van der Waals surface area contributed by atoms with Gasteiger partial charge in [-0.1, -0.05) is 12.1 Å². The summed E-state index contributed by atoms with van der Waals surface area (Å²) in [6.07, 6.45) is 0. The molecule has 0 heterocycles. The highest BCUT2D eigenvalue weighted by molar-refractivity contribution is 5.58. The number of nitrogens with one attached hydrogen (secondary N) is 1. The minimum Gasteiger partial charge on any atom is -0.495 e. The van der Waals surface area contributed by atoms with E-state index in [0.717, 1.165) is 11.4 Å². The number of rotatable bonds is 5. The van der Waals surface area contributed by atoms with E-state index in [0.29, 0.717) is 6.54 Å². The molecule has 0 aliphatic carbocycles. The molecule has 0 saturated heterocycles. The van der Waals surface area contributed by atoms with Gasteiger partial charge in [-0.25, -0.2) is 0 Å². The predicted octanol–water partition coefficient (Wildman–Crippen LogP) is 1.63. The van der Waals surface area contributed by atoms with Crippen LogP contribution in [0.2, 0.25) is 0 Å². The van der Waals surface area contributed by atoms with E-state index >= 15 is 0 Å². The summed E-state index contributed by atoms with van der Waals surface area (Å²) in [5.74, 6) is 0.811. The van der Waals surface area contributed by atoms with Crippen molar-refractivity contribution in [3.8, 4) is 11.8 Å². The molecule has 4 heteroatoms. The van der Waals surface area contributed by atoms with Crippen molar-refractivity contribution in [1.29, 1.82) is 5.26 Å². The van der Waals surface area contributed by atoms with Gasteiger partial charge in [0.1, 0.15) is 11.3 Å². The molecule has 0 aliphatic heterocycles. The Labute approximate surface area is 103 Å². The average molecular weight is 233 g/mol. The maximum Gasteiger partial charge on any atom is 0.142 e. The minimum atomic E-state index is -0.574. The highest BCUT2D eigenvalue weighted by Gasteiger charge is 2.24. The largest absolute Gasteiger partial charge is 0.495 e. The second kappa shape index (κ2) is 5.55. The highest BCUT2D eigenvalue weighted by atomic mass is 16.5. The van der Waals surface area contributed by atoms with Gasteiger partial charge in [-0.3, -0.25) is 0 Å². The lowest BCUT2D eigenvalue weighted by atomic mass is 10.0. The summed E-state index contributed by atoms with van der Waals surface area (Å²) in [5.41, 5.74) is 0.405. The molecule has 1 N–H and O–H groups in total. The molecule has 0 fully saturated rings. The van der Waals surface area contributed by atoms with E-state index in [1.165, 1.54) is 0 Å². The van der Waals surface area contributed by atoms with Gasteiger partial charge < -0.3 is 15.0 Å². The summed E-state index contributed by atoms with van der Waals surface area (Å²) in [5, 5.41) is 12.2. The number of ether oxygens (including phenoxy) is 1. The molecule has 0 aliphatic rings. The summed E-state index contributed by atoms with van der Waals surface area (Å²) >= 11 is 0. The Hall–Kier alpha value is -1.73. The van der Waals surface area contributed by atoms with E-state index in [1.54, 1.807) is 14.2 Å². The van der Waals surface area contributed by atoms with Crippen LogP contribution < -0.4 is 15.0 Å². The smallest absolute Gasteiger partial charge is 0.142 e. The fraction of sp³-hybridized carbons (Fsp3) is 0.462. The third-order valence-electron chi connectivity index (χ3n) is 2.85. The summed E-state index contributed by atoms with van der Waals surface area (Å²) in [4.78, 5) is 2.01. The van der Waals surface area contributed by atoms with E-state index in [4.69, 9.17) is 10.00 Å². The van der Waals surface area contributed by atoms with E-state index in [-0.39, 0.29) is 0 Å². The third-order valence-corrected chi connectivity index (χ3v) is 2.85. The number of para-hydroxylation sites is 2. The number of hydrogen-bond acceptors (Lipinski definition) is 4. The Morgan fingerprint density at radius 2 is 2.12 bits per heavy atom. The van der Waals surface area contributed by atoms with E-state index in [9.17, 15) is 0 Å². The third kappa shape index (κ3) is 3.11. The summed E-state index contributed by atoms with van der Waals surface area (Å²) in [6.45, 7) is 2.46. The molecule has 92 valence electrons. The van der Waals surface area contributed by atoms with Crippen LogP contribution in [0.15, 0.2) is 24.3 Å². The van der Waals surface area contributed by atoms with Gasteiger partial charge >= 0.3 is 0 Å². The molecule has 0 bridgehead atoms. The number of nitriles is 1. The van der Waals surface area contributed by atoms with Crippen molar-refractivity contribution in [1.82, 2.24) is 5.32 Å². The van der Waals surface area contributed by atoms with Crippen molar-refractivity contribution in [2.24, 2.45) is 0 Å². The molecule has 1 unspecified atom stereocenters. The predicted molar refractivity (Wildman–Crippen MR) is 69.3 cm³/mol. The molecule has 0 aromatic heterocycles. The van der Waals surface area contributed by atoms with Crippen molar-refractivity contribution in [2.75, 3.05) is 32.6 Å². The Balaban J connectivity index is 2.90. The Morgan fingerprint density at radius 3 is 2.65 bits per heavy atom. The normalized spacial score (nSPS) is 13.6. The van der Waals surface area contributed by atoms with Gasteiger partial charge in [0, 0.05) is 13.6 Å². The Kier molecular flexibility index (Phi) is 4.36. The highest BCUT2D eigenvalue weighted by Crippen LogP contribution is 2.27. The van der Waals surface area contributed by atoms with E-state index < -0.39 is 5.54 Å². The van der Waals surface area contributed by atoms with Crippen molar-refractivity contribution < 1.29 is 4.74 Å². The second-order valence-electron chi connectivity index (χ2n) is 4.22. The monoisotopic (exact) mass is 233 g/mol. The molecule has 1 rings (SSSR count). The fourth-order valence-corrected chi connectivity index (χ4v) is 1.67. The quantitative estimate of drug-likeness (QED) is 0.839. The van der Waals surface area contributed by atoms with Crippen LogP contribution in [0, 0.1) is 11.3 Å². The lowest BCUT2D eigenvalue weighted by Gasteiger charge is -2.29. The zero-order valence-electron chi connectivity index (χ0n) is 10.8. The van der Waals surface area contributed by atoms with E-state index in [1.807, 2.05) is 43.1 Å². The van der Waals surface area contributed by atoms with Gasteiger partial charge in [-0.05, 0) is 26.1 Å².